The lowest BCUT2D eigenvalue weighted by Gasteiger charge is -2.49. The van der Waals surface area contributed by atoms with Crippen molar-refractivity contribution < 1.29 is 19.2 Å². The third kappa shape index (κ3) is 13.7. The quantitative estimate of drug-likeness (QED) is 0.105. The van der Waals surface area contributed by atoms with Gasteiger partial charge < -0.3 is 14.4 Å². The van der Waals surface area contributed by atoms with E-state index in [2.05, 4.69) is 26.1 Å². The van der Waals surface area contributed by atoms with Gasteiger partial charge in [-0.15, -0.1) is 0 Å². The maximum Gasteiger partial charge on any atom is 0.224 e. The largest absolute Gasteiger partial charge is 0.542 e. The van der Waals surface area contributed by atoms with Crippen molar-refractivity contribution in [3.8, 4) is 0 Å². The van der Waals surface area contributed by atoms with Crippen LogP contribution in [0.25, 0.3) is 0 Å². The molecule has 5 heteroatoms. The Bertz CT molecular complexity index is 533. The third-order valence-corrected chi connectivity index (χ3v) is 7.34. The fourth-order valence-corrected chi connectivity index (χ4v) is 4.92. The molecule has 0 saturated heterocycles. The number of hydrogen-bond donors (Lipinski definition) is 1. The van der Waals surface area contributed by atoms with Crippen LogP contribution in [0.4, 0.5) is 0 Å². The van der Waals surface area contributed by atoms with E-state index in [1.165, 1.54) is 64.2 Å². The van der Waals surface area contributed by atoms with Crippen LogP contribution in [0.15, 0.2) is 0 Å². The maximum absolute atomic E-state index is 12.7. The molecule has 1 unspecified atom stereocenters. The van der Waals surface area contributed by atoms with Crippen molar-refractivity contribution >= 4 is 11.9 Å². The molecule has 0 aliphatic carbocycles. The van der Waals surface area contributed by atoms with E-state index in [9.17, 15) is 14.7 Å². The number of rotatable bonds is 23. The molecule has 0 aromatic rings. The van der Waals surface area contributed by atoms with Crippen LogP contribution in [0.1, 0.15) is 143 Å². The number of nitrogens with one attached hydrogen (secondary N) is 1. The van der Waals surface area contributed by atoms with Crippen LogP contribution in [-0.2, 0) is 9.59 Å². The van der Waals surface area contributed by atoms with Gasteiger partial charge in [0, 0.05) is 12.8 Å². The predicted molar refractivity (Wildman–Crippen MR) is 142 cm³/mol. The van der Waals surface area contributed by atoms with Gasteiger partial charge in [-0.1, -0.05) is 111 Å². The van der Waals surface area contributed by atoms with Crippen molar-refractivity contribution in [3.63, 3.8) is 0 Å². The molecule has 202 valence electrons. The van der Waals surface area contributed by atoms with Gasteiger partial charge >= 0.3 is 0 Å². The van der Waals surface area contributed by atoms with Gasteiger partial charge in [0.2, 0.25) is 11.6 Å². The standard InChI is InChI=1S/C29H58N2O3/c1-7-9-25-31(5,6)29(24-8-2,28(33)34)30-27(32)23-21-19-17-15-13-11-10-12-14-16-18-20-22-26(3)4/h26H,7-25H2,1-6H3,(H-,30,32,33,34). The van der Waals surface area contributed by atoms with Crippen LogP contribution in [0.2, 0.25) is 0 Å². The van der Waals surface area contributed by atoms with Gasteiger partial charge in [-0.2, -0.15) is 0 Å². The molecule has 0 fully saturated rings. The van der Waals surface area contributed by atoms with Crippen molar-refractivity contribution in [1.29, 1.82) is 0 Å². The van der Waals surface area contributed by atoms with Gasteiger partial charge in [-0.25, -0.2) is 0 Å². The van der Waals surface area contributed by atoms with Crippen LogP contribution >= 0.6 is 0 Å². The number of aliphatic carboxylic acids is 1. The molecule has 0 radical (unpaired) electrons. The number of unbranched alkanes of at least 4 members (excludes halogenated alkanes) is 12. The van der Waals surface area contributed by atoms with Gasteiger partial charge in [0.25, 0.3) is 0 Å². The minimum atomic E-state index is -1.35. The Morgan fingerprint density at radius 1 is 0.765 bits per heavy atom. The van der Waals surface area contributed by atoms with Crippen molar-refractivity contribution in [2.45, 2.75) is 149 Å². The number of likely N-dealkylation sites (N-methyl/N-ethyl adjacent to an activating group) is 1. The fraction of sp³-hybridized carbons (Fsp3) is 0.931. The molecule has 1 atom stereocenters. The summed E-state index contributed by atoms with van der Waals surface area (Å²) in [7, 11) is 3.79. The highest BCUT2D eigenvalue weighted by Gasteiger charge is 2.47. The Labute approximate surface area is 212 Å². The van der Waals surface area contributed by atoms with Crippen LogP contribution in [-0.4, -0.2) is 42.7 Å². The van der Waals surface area contributed by atoms with Gasteiger partial charge in [0.05, 0.1) is 20.6 Å². The van der Waals surface area contributed by atoms with Crippen LogP contribution in [0.3, 0.4) is 0 Å². The first-order chi connectivity index (χ1) is 16.1. The highest BCUT2D eigenvalue weighted by atomic mass is 16.4. The zero-order valence-electron chi connectivity index (χ0n) is 23.7. The van der Waals surface area contributed by atoms with Gasteiger partial charge in [0.15, 0.2) is 0 Å². The lowest BCUT2D eigenvalue weighted by Crippen LogP contribution is -2.75. The average molecular weight is 483 g/mol. The highest BCUT2D eigenvalue weighted by Crippen LogP contribution is 2.25. The number of carboxylic acids is 1. The Balaban J connectivity index is 4.09. The second-order valence-corrected chi connectivity index (χ2v) is 11.4. The normalized spacial score (nSPS) is 13.7. The molecule has 0 saturated carbocycles. The molecule has 1 N–H and O–H groups in total. The summed E-state index contributed by atoms with van der Waals surface area (Å²) in [5.41, 5.74) is -1.35. The second kappa shape index (κ2) is 19.1. The molecule has 5 nitrogen and oxygen atoms in total. The summed E-state index contributed by atoms with van der Waals surface area (Å²) < 4.78 is 0.223. The minimum Gasteiger partial charge on any atom is -0.542 e. The van der Waals surface area contributed by atoms with Crippen LogP contribution in [0.5, 0.6) is 0 Å². The number of nitrogens with zero attached hydrogens (tertiary/aromatic N) is 1. The van der Waals surface area contributed by atoms with Crippen molar-refractivity contribution in [2.75, 3.05) is 20.6 Å². The first kappa shape index (κ1) is 32.9. The van der Waals surface area contributed by atoms with Crippen molar-refractivity contribution in [3.05, 3.63) is 0 Å². The third-order valence-electron chi connectivity index (χ3n) is 7.34. The molecule has 1 amide bonds. The fourth-order valence-electron chi connectivity index (χ4n) is 4.92. The topological polar surface area (TPSA) is 69.2 Å². The molecule has 0 bridgehead atoms. The lowest BCUT2D eigenvalue weighted by atomic mass is 9.98. The summed E-state index contributed by atoms with van der Waals surface area (Å²) in [6, 6.07) is 0. The van der Waals surface area contributed by atoms with E-state index in [4.69, 9.17) is 0 Å². The zero-order chi connectivity index (χ0) is 25.9. The molecule has 0 aromatic heterocycles. The van der Waals surface area contributed by atoms with Crippen LogP contribution < -0.4 is 10.4 Å². The minimum absolute atomic E-state index is 0.159. The van der Waals surface area contributed by atoms with Crippen molar-refractivity contribution in [2.24, 2.45) is 5.92 Å². The lowest BCUT2D eigenvalue weighted by molar-refractivity contribution is -0.937. The SMILES string of the molecule is CCCC[N+](C)(C)C(CCC)(NC(=O)CCCCCCCCCCCCCCC(C)C)C(=O)[O-]. The second-order valence-electron chi connectivity index (χ2n) is 11.4. The number of quaternary nitrogens is 1. The number of carbonyl (C=O) groups excluding carboxylic acids is 2. The maximum atomic E-state index is 12.7. The molecule has 0 aliphatic rings. The highest BCUT2D eigenvalue weighted by molar-refractivity contribution is 5.84. The Kier molecular flexibility index (Phi) is 18.5. The van der Waals surface area contributed by atoms with E-state index >= 15 is 0 Å². The van der Waals surface area contributed by atoms with E-state index in [0.29, 0.717) is 25.8 Å². The van der Waals surface area contributed by atoms with Crippen molar-refractivity contribution in [1.82, 2.24) is 5.32 Å². The molecular weight excluding hydrogens is 424 g/mol. The summed E-state index contributed by atoms with van der Waals surface area (Å²) in [5, 5.41) is 15.1. The summed E-state index contributed by atoms with van der Waals surface area (Å²) >= 11 is 0. The number of amides is 1. The molecule has 0 aromatic carbocycles. The summed E-state index contributed by atoms with van der Waals surface area (Å²) in [6.45, 7) is 9.36. The zero-order valence-corrected chi connectivity index (χ0v) is 23.7. The molecule has 0 aliphatic heterocycles. The number of carbonyl (C=O) groups is 2. The van der Waals surface area contributed by atoms with Crippen LogP contribution in [0, 0.1) is 5.92 Å². The predicted octanol–water partition coefficient (Wildman–Crippen LogP) is 6.34. The average Bonchev–Trinajstić information content (AvgIpc) is 2.77. The summed E-state index contributed by atoms with van der Waals surface area (Å²) in [6.07, 6.45) is 19.8. The molecule has 0 spiro atoms. The summed E-state index contributed by atoms with van der Waals surface area (Å²) in [5.74, 6) is -0.485. The van der Waals surface area contributed by atoms with Gasteiger partial charge in [-0.3, -0.25) is 10.1 Å². The number of carboxylic acid groups (broad SMARTS) is 1. The Morgan fingerprint density at radius 2 is 1.24 bits per heavy atom. The smallest absolute Gasteiger partial charge is 0.224 e. The first-order valence-electron chi connectivity index (χ1n) is 14.5. The first-order valence-corrected chi connectivity index (χ1v) is 14.5. The van der Waals surface area contributed by atoms with Gasteiger partial charge in [0.1, 0.15) is 5.97 Å². The molecule has 0 heterocycles. The monoisotopic (exact) mass is 482 g/mol. The van der Waals surface area contributed by atoms with E-state index < -0.39 is 11.6 Å². The van der Waals surface area contributed by atoms with E-state index in [1.54, 1.807) is 0 Å². The van der Waals surface area contributed by atoms with E-state index in [1.807, 2.05) is 21.0 Å². The molecule has 34 heavy (non-hydrogen) atoms. The number of hydrogen-bond acceptors (Lipinski definition) is 3. The van der Waals surface area contributed by atoms with E-state index in [0.717, 1.165) is 38.0 Å². The van der Waals surface area contributed by atoms with Gasteiger partial charge in [-0.05, 0) is 25.2 Å². The molecule has 0 rings (SSSR count). The molecular formula is C29H58N2O3. The Hall–Kier alpha value is -1.10. The Morgan fingerprint density at radius 3 is 1.65 bits per heavy atom. The summed E-state index contributed by atoms with van der Waals surface area (Å²) in [4.78, 5) is 24.9. The van der Waals surface area contributed by atoms with E-state index in [-0.39, 0.29) is 10.4 Å².